The standard InChI is InChI=1S/C15H21BrN2/c1-17-13-3-2-8-18(10-13)15-7-4-11-9-12(16)5-6-14(11)15/h5-6,9,13,15,17H,2-4,7-8,10H2,1H3. The molecule has 3 rings (SSSR count). The van der Waals surface area contributed by atoms with Crippen LogP contribution in [0.25, 0.3) is 0 Å². The third kappa shape index (κ3) is 2.36. The molecule has 0 aromatic heterocycles. The summed E-state index contributed by atoms with van der Waals surface area (Å²) in [6, 6.07) is 8.15. The fourth-order valence-corrected chi connectivity index (χ4v) is 3.88. The molecule has 1 N–H and O–H groups in total. The zero-order chi connectivity index (χ0) is 12.5. The first-order valence-corrected chi connectivity index (χ1v) is 7.77. The smallest absolute Gasteiger partial charge is 0.0354 e. The Bertz CT molecular complexity index is 433. The Labute approximate surface area is 118 Å². The summed E-state index contributed by atoms with van der Waals surface area (Å²) < 4.78 is 1.22. The number of hydrogen-bond acceptors (Lipinski definition) is 2. The summed E-state index contributed by atoms with van der Waals surface area (Å²) in [5, 5.41) is 3.44. The van der Waals surface area contributed by atoms with Gasteiger partial charge in [-0.1, -0.05) is 22.0 Å². The maximum absolute atomic E-state index is 3.58. The molecule has 2 atom stereocenters. The molecule has 2 unspecified atom stereocenters. The highest BCUT2D eigenvalue weighted by molar-refractivity contribution is 9.10. The molecule has 1 aromatic rings. The van der Waals surface area contributed by atoms with E-state index < -0.39 is 0 Å². The van der Waals surface area contributed by atoms with Crippen molar-refractivity contribution < 1.29 is 0 Å². The van der Waals surface area contributed by atoms with Gasteiger partial charge in [0.1, 0.15) is 0 Å². The molecule has 0 radical (unpaired) electrons. The Kier molecular flexibility index (Phi) is 3.73. The average molecular weight is 309 g/mol. The number of aryl methyl sites for hydroxylation is 1. The molecular weight excluding hydrogens is 288 g/mol. The molecule has 3 heteroatoms. The van der Waals surface area contributed by atoms with E-state index in [0.29, 0.717) is 12.1 Å². The van der Waals surface area contributed by atoms with Crippen molar-refractivity contribution in [2.75, 3.05) is 20.1 Å². The second-order valence-corrected chi connectivity index (χ2v) is 6.44. The van der Waals surface area contributed by atoms with Crippen molar-refractivity contribution in [2.24, 2.45) is 0 Å². The second-order valence-electron chi connectivity index (χ2n) is 5.52. The Hall–Kier alpha value is -0.380. The molecule has 1 aromatic carbocycles. The fraction of sp³-hybridized carbons (Fsp3) is 0.600. The highest BCUT2D eigenvalue weighted by atomic mass is 79.9. The normalized spacial score (nSPS) is 28.3. The number of likely N-dealkylation sites (N-methyl/N-ethyl adjacent to an activating group) is 1. The largest absolute Gasteiger partial charge is 0.316 e. The van der Waals surface area contributed by atoms with Gasteiger partial charge in [-0.25, -0.2) is 0 Å². The third-order valence-electron chi connectivity index (χ3n) is 4.45. The van der Waals surface area contributed by atoms with Gasteiger partial charge in [0.05, 0.1) is 0 Å². The van der Waals surface area contributed by atoms with E-state index in [1.165, 1.54) is 43.2 Å². The van der Waals surface area contributed by atoms with Crippen LogP contribution in [0.1, 0.15) is 36.4 Å². The van der Waals surface area contributed by atoms with Gasteiger partial charge in [-0.05, 0) is 62.5 Å². The van der Waals surface area contributed by atoms with Gasteiger partial charge in [-0.3, -0.25) is 4.90 Å². The molecule has 2 nitrogen and oxygen atoms in total. The van der Waals surface area contributed by atoms with Gasteiger partial charge in [0.15, 0.2) is 0 Å². The van der Waals surface area contributed by atoms with E-state index in [1.54, 1.807) is 11.1 Å². The minimum absolute atomic E-state index is 0.657. The molecule has 1 fully saturated rings. The minimum Gasteiger partial charge on any atom is -0.316 e. The average Bonchev–Trinajstić information content (AvgIpc) is 2.81. The lowest BCUT2D eigenvalue weighted by atomic mass is 10.0. The number of benzene rings is 1. The van der Waals surface area contributed by atoms with Crippen LogP contribution >= 0.6 is 15.9 Å². The van der Waals surface area contributed by atoms with Crippen molar-refractivity contribution in [1.29, 1.82) is 0 Å². The number of piperidine rings is 1. The monoisotopic (exact) mass is 308 g/mol. The van der Waals surface area contributed by atoms with Crippen LogP contribution in [0.3, 0.4) is 0 Å². The first-order valence-electron chi connectivity index (χ1n) is 6.97. The Balaban J connectivity index is 1.79. The van der Waals surface area contributed by atoms with Crippen LogP contribution in [0.15, 0.2) is 22.7 Å². The maximum atomic E-state index is 3.58. The molecule has 0 bridgehead atoms. The van der Waals surface area contributed by atoms with E-state index in [4.69, 9.17) is 0 Å². The summed E-state index contributed by atoms with van der Waals surface area (Å²) >= 11 is 3.58. The van der Waals surface area contributed by atoms with Crippen LogP contribution in [0.5, 0.6) is 0 Å². The topological polar surface area (TPSA) is 15.3 Å². The number of fused-ring (bicyclic) bond motifs is 1. The van der Waals surface area contributed by atoms with Crippen LogP contribution < -0.4 is 5.32 Å². The molecule has 0 amide bonds. The number of nitrogens with one attached hydrogen (secondary N) is 1. The molecule has 2 aliphatic rings. The zero-order valence-electron chi connectivity index (χ0n) is 11.0. The van der Waals surface area contributed by atoms with Crippen molar-refractivity contribution in [3.63, 3.8) is 0 Å². The minimum atomic E-state index is 0.657. The number of halogens is 1. The number of nitrogens with zero attached hydrogens (tertiary/aromatic N) is 1. The second kappa shape index (κ2) is 5.32. The van der Waals surface area contributed by atoms with E-state index in [2.05, 4.69) is 51.4 Å². The van der Waals surface area contributed by atoms with Crippen LogP contribution in [-0.2, 0) is 6.42 Å². The van der Waals surface area contributed by atoms with Gasteiger partial charge in [-0.15, -0.1) is 0 Å². The van der Waals surface area contributed by atoms with Crippen molar-refractivity contribution in [1.82, 2.24) is 10.2 Å². The van der Waals surface area contributed by atoms with Crippen molar-refractivity contribution >= 4 is 15.9 Å². The fourth-order valence-electron chi connectivity index (χ4n) is 3.47. The molecule has 1 heterocycles. The predicted octanol–water partition coefficient (Wildman–Crippen LogP) is 3.12. The Morgan fingerprint density at radius 1 is 1.33 bits per heavy atom. The first-order chi connectivity index (χ1) is 8.78. The highest BCUT2D eigenvalue weighted by Gasteiger charge is 2.30. The van der Waals surface area contributed by atoms with E-state index in [9.17, 15) is 0 Å². The summed E-state index contributed by atoms with van der Waals surface area (Å²) in [5.41, 5.74) is 3.11. The van der Waals surface area contributed by atoms with Crippen LogP contribution in [0.4, 0.5) is 0 Å². The number of hydrogen-bond donors (Lipinski definition) is 1. The van der Waals surface area contributed by atoms with Gasteiger partial charge in [0, 0.05) is 23.1 Å². The van der Waals surface area contributed by atoms with Gasteiger partial charge < -0.3 is 5.32 Å². The molecule has 18 heavy (non-hydrogen) atoms. The molecular formula is C15H21BrN2. The van der Waals surface area contributed by atoms with E-state index in [-0.39, 0.29) is 0 Å². The highest BCUT2D eigenvalue weighted by Crippen LogP contribution is 2.38. The van der Waals surface area contributed by atoms with Crippen LogP contribution in [-0.4, -0.2) is 31.1 Å². The van der Waals surface area contributed by atoms with E-state index in [1.807, 2.05) is 0 Å². The molecule has 0 spiro atoms. The lowest BCUT2D eigenvalue weighted by Crippen LogP contribution is -2.45. The molecule has 1 aliphatic carbocycles. The first kappa shape index (κ1) is 12.6. The lowest BCUT2D eigenvalue weighted by molar-refractivity contribution is 0.139. The molecule has 0 saturated carbocycles. The lowest BCUT2D eigenvalue weighted by Gasteiger charge is -2.37. The summed E-state index contributed by atoms with van der Waals surface area (Å²) in [6.45, 7) is 2.47. The van der Waals surface area contributed by atoms with Gasteiger partial charge >= 0.3 is 0 Å². The Morgan fingerprint density at radius 3 is 3.06 bits per heavy atom. The summed E-state index contributed by atoms with van der Waals surface area (Å²) in [4.78, 5) is 2.68. The summed E-state index contributed by atoms with van der Waals surface area (Å²) in [5.74, 6) is 0. The van der Waals surface area contributed by atoms with Gasteiger partial charge in [0.25, 0.3) is 0 Å². The summed E-state index contributed by atoms with van der Waals surface area (Å²) in [7, 11) is 2.09. The quantitative estimate of drug-likeness (QED) is 0.903. The maximum Gasteiger partial charge on any atom is 0.0354 e. The molecule has 1 aliphatic heterocycles. The van der Waals surface area contributed by atoms with Crippen molar-refractivity contribution in [3.05, 3.63) is 33.8 Å². The molecule has 98 valence electrons. The van der Waals surface area contributed by atoms with Crippen molar-refractivity contribution in [2.45, 2.75) is 37.8 Å². The van der Waals surface area contributed by atoms with Crippen LogP contribution in [0.2, 0.25) is 0 Å². The third-order valence-corrected chi connectivity index (χ3v) is 4.95. The zero-order valence-corrected chi connectivity index (χ0v) is 12.5. The van der Waals surface area contributed by atoms with E-state index in [0.717, 1.165) is 0 Å². The van der Waals surface area contributed by atoms with Gasteiger partial charge in [-0.2, -0.15) is 0 Å². The molecule has 1 saturated heterocycles. The van der Waals surface area contributed by atoms with Crippen molar-refractivity contribution in [3.8, 4) is 0 Å². The van der Waals surface area contributed by atoms with Crippen LogP contribution in [0, 0.1) is 0 Å². The number of likely N-dealkylation sites (tertiary alicyclic amines) is 1. The SMILES string of the molecule is CNC1CCCN(C2CCc3cc(Br)ccc32)C1. The predicted molar refractivity (Wildman–Crippen MR) is 78.9 cm³/mol. The summed E-state index contributed by atoms with van der Waals surface area (Å²) in [6.07, 6.45) is 5.18. The number of rotatable bonds is 2. The Morgan fingerprint density at radius 2 is 2.22 bits per heavy atom. The van der Waals surface area contributed by atoms with E-state index >= 15 is 0 Å². The van der Waals surface area contributed by atoms with Gasteiger partial charge in [0.2, 0.25) is 0 Å².